The van der Waals surface area contributed by atoms with Gasteiger partial charge in [-0.1, -0.05) is 18.2 Å². The Morgan fingerprint density at radius 1 is 1.04 bits per heavy atom. The van der Waals surface area contributed by atoms with Crippen molar-refractivity contribution >= 4 is 27.4 Å². The van der Waals surface area contributed by atoms with Crippen LogP contribution in [0.1, 0.15) is 15.9 Å². The minimum Gasteiger partial charge on any atom is -0.307 e. The molecule has 3 N–H and O–H groups in total. The Morgan fingerprint density at radius 2 is 1.76 bits per heavy atom. The first kappa shape index (κ1) is 16.7. The summed E-state index contributed by atoms with van der Waals surface area (Å²) < 4.78 is 27.5. The maximum Gasteiger partial charge on any atom is 0.261 e. The molecule has 1 amide bonds. The number of nitrogens with one attached hydrogen (secondary N) is 3. The first-order valence-electron chi connectivity index (χ1n) is 7.45. The highest BCUT2D eigenvalue weighted by Crippen LogP contribution is 2.19. The van der Waals surface area contributed by atoms with E-state index in [1.807, 2.05) is 19.1 Å². The predicted molar refractivity (Wildman–Crippen MR) is 95.0 cm³/mol. The van der Waals surface area contributed by atoms with Gasteiger partial charge in [-0.05, 0) is 42.8 Å². The predicted octanol–water partition coefficient (Wildman–Crippen LogP) is 2.77. The fourth-order valence-electron chi connectivity index (χ4n) is 2.20. The van der Waals surface area contributed by atoms with Crippen LogP contribution in [-0.2, 0) is 10.0 Å². The summed E-state index contributed by atoms with van der Waals surface area (Å²) in [6.07, 6.45) is 1.52. The van der Waals surface area contributed by atoms with Crippen molar-refractivity contribution in [2.24, 2.45) is 0 Å². The lowest BCUT2D eigenvalue weighted by Crippen LogP contribution is -2.15. The molecule has 0 unspecified atom stereocenters. The lowest BCUT2D eigenvalue weighted by Gasteiger charge is -2.10. The molecule has 0 radical (unpaired) electrons. The first-order chi connectivity index (χ1) is 12.0. The number of carbonyl (C=O) groups is 1. The zero-order chi connectivity index (χ0) is 17.9. The van der Waals surface area contributed by atoms with E-state index in [0.29, 0.717) is 17.1 Å². The third-order valence-corrected chi connectivity index (χ3v) is 4.95. The zero-order valence-electron chi connectivity index (χ0n) is 13.4. The van der Waals surface area contributed by atoms with Gasteiger partial charge in [0.2, 0.25) is 0 Å². The molecule has 0 bridgehead atoms. The van der Waals surface area contributed by atoms with Crippen molar-refractivity contribution in [2.45, 2.75) is 11.8 Å². The lowest BCUT2D eigenvalue weighted by atomic mass is 10.2. The van der Waals surface area contributed by atoms with Crippen molar-refractivity contribution in [3.63, 3.8) is 0 Å². The Labute approximate surface area is 145 Å². The highest BCUT2D eigenvalue weighted by Gasteiger charge is 2.16. The van der Waals surface area contributed by atoms with Crippen LogP contribution in [-0.4, -0.2) is 24.5 Å². The van der Waals surface area contributed by atoms with Crippen LogP contribution in [0.2, 0.25) is 0 Å². The summed E-state index contributed by atoms with van der Waals surface area (Å²) in [5.74, 6) is 0.1000. The summed E-state index contributed by atoms with van der Waals surface area (Å²) in [6, 6.07) is 14.4. The van der Waals surface area contributed by atoms with E-state index in [2.05, 4.69) is 20.2 Å². The van der Waals surface area contributed by atoms with Gasteiger partial charge in [0.15, 0.2) is 0 Å². The molecule has 25 heavy (non-hydrogen) atoms. The van der Waals surface area contributed by atoms with Gasteiger partial charge < -0.3 is 5.32 Å². The Balaban J connectivity index is 1.77. The number of para-hydroxylation sites is 1. The second kappa shape index (κ2) is 6.78. The minimum absolute atomic E-state index is 0.0776. The van der Waals surface area contributed by atoms with Gasteiger partial charge in [0.05, 0.1) is 16.8 Å². The molecule has 0 aliphatic heterocycles. The highest BCUT2D eigenvalue weighted by molar-refractivity contribution is 7.92. The molecule has 2 aromatic carbocycles. The van der Waals surface area contributed by atoms with Gasteiger partial charge in [-0.3, -0.25) is 14.6 Å². The molecular weight excluding hydrogens is 340 g/mol. The molecular formula is C17H16N4O3S. The number of aromatic nitrogens is 2. The van der Waals surface area contributed by atoms with Crippen LogP contribution in [0.15, 0.2) is 65.7 Å². The quantitative estimate of drug-likeness (QED) is 0.654. The van der Waals surface area contributed by atoms with Crippen molar-refractivity contribution in [1.82, 2.24) is 10.2 Å². The van der Waals surface area contributed by atoms with Crippen molar-refractivity contribution in [3.05, 3.63) is 71.9 Å². The summed E-state index contributed by atoms with van der Waals surface area (Å²) in [4.78, 5) is 12.2. The fraction of sp³-hybridized carbons (Fsp3) is 0.0588. The van der Waals surface area contributed by atoms with E-state index >= 15 is 0 Å². The van der Waals surface area contributed by atoms with Crippen LogP contribution in [0, 0.1) is 6.92 Å². The maximum atomic E-state index is 12.5. The molecule has 3 rings (SSSR count). The van der Waals surface area contributed by atoms with E-state index in [-0.39, 0.29) is 10.8 Å². The number of H-pyrrole nitrogens is 1. The molecule has 0 atom stereocenters. The molecule has 0 spiro atoms. The number of hydrogen-bond donors (Lipinski definition) is 3. The molecule has 1 heterocycles. The molecule has 0 aliphatic carbocycles. The van der Waals surface area contributed by atoms with E-state index < -0.39 is 10.0 Å². The van der Waals surface area contributed by atoms with E-state index in [0.717, 1.165) is 5.56 Å². The minimum atomic E-state index is -3.73. The number of benzene rings is 2. The van der Waals surface area contributed by atoms with Crippen LogP contribution < -0.4 is 10.0 Å². The number of anilines is 2. The Bertz CT molecular complexity index is 981. The van der Waals surface area contributed by atoms with Gasteiger partial charge in [-0.25, -0.2) is 8.42 Å². The summed E-state index contributed by atoms with van der Waals surface area (Å²) in [6.45, 7) is 1.82. The summed E-state index contributed by atoms with van der Waals surface area (Å²) in [5.41, 5.74) is 1.68. The van der Waals surface area contributed by atoms with Crippen LogP contribution in [0.4, 0.5) is 11.5 Å². The maximum absolute atomic E-state index is 12.5. The molecule has 0 fully saturated rings. The third-order valence-electron chi connectivity index (χ3n) is 3.57. The second-order valence-corrected chi connectivity index (χ2v) is 7.05. The molecule has 0 saturated heterocycles. The van der Waals surface area contributed by atoms with Gasteiger partial charge in [-0.15, -0.1) is 0 Å². The molecule has 128 valence electrons. The number of rotatable bonds is 5. The largest absolute Gasteiger partial charge is 0.307 e. The van der Waals surface area contributed by atoms with E-state index in [4.69, 9.17) is 0 Å². The van der Waals surface area contributed by atoms with Crippen LogP contribution in [0.5, 0.6) is 0 Å². The van der Waals surface area contributed by atoms with Gasteiger partial charge in [-0.2, -0.15) is 5.10 Å². The first-order valence-corrected chi connectivity index (χ1v) is 8.93. The number of aromatic amines is 1. The summed E-state index contributed by atoms with van der Waals surface area (Å²) in [5, 5.41) is 8.97. The lowest BCUT2D eigenvalue weighted by molar-refractivity contribution is 0.102. The van der Waals surface area contributed by atoms with Crippen molar-refractivity contribution < 1.29 is 13.2 Å². The molecule has 1 aromatic heterocycles. The SMILES string of the molecule is Cc1ccccc1NS(=O)(=O)c1ccc(C(=O)Nc2ccn[nH]2)cc1. The topological polar surface area (TPSA) is 104 Å². The number of sulfonamides is 1. The number of hydrogen-bond acceptors (Lipinski definition) is 4. The number of amides is 1. The number of nitrogens with zero attached hydrogens (tertiary/aromatic N) is 1. The smallest absolute Gasteiger partial charge is 0.261 e. The average molecular weight is 356 g/mol. The van der Waals surface area contributed by atoms with E-state index in [1.165, 1.54) is 30.5 Å². The van der Waals surface area contributed by atoms with Crippen LogP contribution >= 0.6 is 0 Å². The monoisotopic (exact) mass is 356 g/mol. The average Bonchev–Trinajstić information content (AvgIpc) is 3.10. The fourth-order valence-corrected chi connectivity index (χ4v) is 3.33. The van der Waals surface area contributed by atoms with Crippen LogP contribution in [0.25, 0.3) is 0 Å². The molecule has 8 heteroatoms. The molecule has 7 nitrogen and oxygen atoms in total. The molecule has 0 aliphatic rings. The number of carbonyl (C=O) groups excluding carboxylic acids is 1. The van der Waals surface area contributed by atoms with Crippen molar-refractivity contribution in [1.29, 1.82) is 0 Å². The Hall–Kier alpha value is -3.13. The van der Waals surface area contributed by atoms with Crippen molar-refractivity contribution in [2.75, 3.05) is 10.0 Å². The molecule has 0 saturated carbocycles. The highest BCUT2D eigenvalue weighted by atomic mass is 32.2. The van der Waals surface area contributed by atoms with Gasteiger partial charge in [0.25, 0.3) is 15.9 Å². The van der Waals surface area contributed by atoms with E-state index in [1.54, 1.807) is 18.2 Å². The van der Waals surface area contributed by atoms with Crippen molar-refractivity contribution in [3.8, 4) is 0 Å². The third kappa shape index (κ3) is 3.86. The van der Waals surface area contributed by atoms with Gasteiger partial charge in [0, 0.05) is 11.6 Å². The Kier molecular flexibility index (Phi) is 4.53. The Morgan fingerprint density at radius 3 is 2.40 bits per heavy atom. The van der Waals surface area contributed by atoms with E-state index in [9.17, 15) is 13.2 Å². The normalized spacial score (nSPS) is 11.1. The summed E-state index contributed by atoms with van der Waals surface area (Å²) in [7, 11) is -3.73. The standard InChI is InChI=1S/C17H16N4O3S/c1-12-4-2-3-5-15(12)21-25(23,24)14-8-6-13(7-9-14)17(22)19-16-10-11-18-20-16/h2-11,21H,1H3,(H2,18,19,20,22). The summed E-state index contributed by atoms with van der Waals surface area (Å²) >= 11 is 0. The second-order valence-electron chi connectivity index (χ2n) is 5.37. The van der Waals surface area contributed by atoms with Gasteiger partial charge in [0.1, 0.15) is 5.82 Å². The number of aryl methyl sites for hydroxylation is 1. The van der Waals surface area contributed by atoms with Crippen LogP contribution in [0.3, 0.4) is 0 Å². The van der Waals surface area contributed by atoms with Gasteiger partial charge >= 0.3 is 0 Å². The molecule has 3 aromatic rings. The zero-order valence-corrected chi connectivity index (χ0v) is 14.2.